The number of hydrogen-bond acceptors (Lipinski definition) is 7. The number of nitrogens with one attached hydrogen (secondary N) is 2. The summed E-state index contributed by atoms with van der Waals surface area (Å²) >= 11 is 0. The van der Waals surface area contributed by atoms with E-state index in [0.29, 0.717) is 12.0 Å². The van der Waals surface area contributed by atoms with E-state index in [9.17, 15) is 24.0 Å². The summed E-state index contributed by atoms with van der Waals surface area (Å²) in [7, 11) is 0. The van der Waals surface area contributed by atoms with Gasteiger partial charge in [0.25, 0.3) is 0 Å². The van der Waals surface area contributed by atoms with Gasteiger partial charge in [-0.1, -0.05) is 67.6 Å². The van der Waals surface area contributed by atoms with Gasteiger partial charge < -0.3 is 30.7 Å². The standard InChI is InChI=1S/C33H46N4O7/c1-8-19-37(29(40)24(21-26(34)38)36-31(42)44-33(5,6)7)27(23-17-13-10-14-18-23)28(39)35-25(30(41)43-32(2,3)4)20-22-15-11-9-12-16-22/h9-18,24-25,27H,8,19-21H2,1-7H3,(H2,34,38)(H,35,39)(H,36,42). The Morgan fingerprint density at radius 3 is 1.84 bits per heavy atom. The first-order valence-electron chi connectivity index (χ1n) is 14.7. The van der Waals surface area contributed by atoms with Crippen LogP contribution in [-0.4, -0.2) is 64.5 Å². The van der Waals surface area contributed by atoms with Crippen LogP contribution in [0.25, 0.3) is 0 Å². The number of rotatable bonds is 13. The minimum Gasteiger partial charge on any atom is -0.458 e. The van der Waals surface area contributed by atoms with Crippen LogP contribution in [-0.2, 0) is 35.1 Å². The van der Waals surface area contributed by atoms with Crippen molar-refractivity contribution in [3.63, 3.8) is 0 Å². The minimum absolute atomic E-state index is 0.0901. The lowest BCUT2D eigenvalue weighted by atomic mass is 10.00. The van der Waals surface area contributed by atoms with Gasteiger partial charge in [0, 0.05) is 13.0 Å². The van der Waals surface area contributed by atoms with Gasteiger partial charge in [-0.05, 0) is 59.1 Å². The molecular formula is C33H46N4O7. The van der Waals surface area contributed by atoms with Crippen LogP contribution in [0.2, 0.25) is 0 Å². The average molecular weight is 611 g/mol. The van der Waals surface area contributed by atoms with Gasteiger partial charge in [-0.2, -0.15) is 0 Å². The molecule has 0 heterocycles. The minimum atomic E-state index is -1.40. The molecule has 0 saturated carbocycles. The molecule has 3 unspecified atom stereocenters. The van der Waals surface area contributed by atoms with Crippen molar-refractivity contribution in [1.82, 2.24) is 15.5 Å². The van der Waals surface area contributed by atoms with Gasteiger partial charge >= 0.3 is 12.1 Å². The number of alkyl carbamates (subject to hydrolysis) is 1. The predicted molar refractivity (Wildman–Crippen MR) is 166 cm³/mol. The zero-order valence-electron chi connectivity index (χ0n) is 26.7. The summed E-state index contributed by atoms with van der Waals surface area (Å²) in [6, 6.07) is 14.1. The van der Waals surface area contributed by atoms with Gasteiger partial charge in [-0.15, -0.1) is 0 Å². The molecule has 0 aliphatic rings. The van der Waals surface area contributed by atoms with Crippen LogP contribution in [0.4, 0.5) is 4.79 Å². The van der Waals surface area contributed by atoms with Crippen molar-refractivity contribution in [1.29, 1.82) is 0 Å². The molecule has 0 saturated heterocycles. The summed E-state index contributed by atoms with van der Waals surface area (Å²) < 4.78 is 10.9. The third-order valence-corrected chi connectivity index (χ3v) is 6.11. The van der Waals surface area contributed by atoms with E-state index in [-0.39, 0.29) is 13.0 Å². The Kier molecular flexibility index (Phi) is 12.9. The summed E-state index contributed by atoms with van der Waals surface area (Å²) in [4.78, 5) is 67.4. The molecule has 2 aromatic rings. The Hall–Kier alpha value is -4.41. The van der Waals surface area contributed by atoms with Crippen LogP contribution < -0.4 is 16.4 Å². The molecule has 0 aliphatic carbocycles. The highest BCUT2D eigenvalue weighted by Crippen LogP contribution is 2.24. The second kappa shape index (κ2) is 15.9. The van der Waals surface area contributed by atoms with Gasteiger partial charge in [0.15, 0.2) is 0 Å². The van der Waals surface area contributed by atoms with E-state index in [1.807, 2.05) is 37.3 Å². The molecule has 4 N–H and O–H groups in total. The summed E-state index contributed by atoms with van der Waals surface area (Å²) in [6.07, 6.45) is -0.843. The van der Waals surface area contributed by atoms with Gasteiger partial charge in [-0.3, -0.25) is 14.4 Å². The van der Waals surface area contributed by atoms with Crippen LogP contribution >= 0.6 is 0 Å². The number of benzene rings is 2. The Morgan fingerprint density at radius 1 is 0.795 bits per heavy atom. The van der Waals surface area contributed by atoms with E-state index in [1.54, 1.807) is 71.9 Å². The van der Waals surface area contributed by atoms with Crippen molar-refractivity contribution < 1.29 is 33.4 Å². The number of esters is 1. The van der Waals surface area contributed by atoms with Crippen LogP contribution in [0.3, 0.4) is 0 Å². The molecule has 240 valence electrons. The highest BCUT2D eigenvalue weighted by atomic mass is 16.6. The van der Waals surface area contributed by atoms with E-state index < -0.39 is 65.5 Å². The molecule has 0 fully saturated rings. The molecule has 0 radical (unpaired) electrons. The summed E-state index contributed by atoms with van der Waals surface area (Å²) in [6.45, 7) is 12.1. The lowest BCUT2D eigenvalue weighted by Crippen LogP contribution is -2.55. The molecule has 3 atom stereocenters. The number of nitrogens with two attached hydrogens (primary N) is 1. The summed E-state index contributed by atoms with van der Waals surface area (Å²) in [5.74, 6) is -2.81. The van der Waals surface area contributed by atoms with Crippen molar-refractivity contribution in [2.75, 3.05) is 6.54 Å². The van der Waals surface area contributed by atoms with Crippen molar-refractivity contribution in [2.45, 2.75) is 97.1 Å². The highest BCUT2D eigenvalue weighted by Gasteiger charge is 2.38. The van der Waals surface area contributed by atoms with Gasteiger partial charge in [0.1, 0.15) is 29.3 Å². The van der Waals surface area contributed by atoms with Crippen molar-refractivity contribution in [3.05, 3.63) is 71.8 Å². The number of primary amides is 1. The van der Waals surface area contributed by atoms with Gasteiger partial charge in [0.2, 0.25) is 17.7 Å². The second-order valence-electron chi connectivity index (χ2n) is 12.5. The maximum Gasteiger partial charge on any atom is 0.408 e. The lowest BCUT2D eigenvalue weighted by molar-refractivity contribution is -0.159. The Labute approximate surface area is 259 Å². The first-order valence-corrected chi connectivity index (χ1v) is 14.7. The van der Waals surface area contributed by atoms with E-state index in [2.05, 4.69) is 10.6 Å². The number of ether oxygens (including phenoxy) is 2. The number of carbonyl (C=O) groups excluding carboxylic acids is 5. The van der Waals surface area contributed by atoms with Gasteiger partial charge in [-0.25, -0.2) is 9.59 Å². The van der Waals surface area contributed by atoms with Crippen LogP contribution in [0.15, 0.2) is 60.7 Å². The van der Waals surface area contributed by atoms with Crippen molar-refractivity contribution in [2.24, 2.45) is 5.73 Å². The number of hydrogen-bond donors (Lipinski definition) is 3. The highest BCUT2D eigenvalue weighted by molar-refractivity contribution is 5.95. The molecule has 11 nitrogen and oxygen atoms in total. The molecule has 2 rings (SSSR count). The van der Waals surface area contributed by atoms with Crippen LogP contribution in [0.5, 0.6) is 0 Å². The Balaban J connectivity index is 2.53. The van der Waals surface area contributed by atoms with Crippen molar-refractivity contribution in [3.8, 4) is 0 Å². The lowest BCUT2D eigenvalue weighted by Gasteiger charge is -2.35. The molecule has 2 aromatic carbocycles. The first kappa shape index (κ1) is 35.8. The molecule has 0 spiro atoms. The fraction of sp³-hybridized carbons (Fsp3) is 0.485. The number of amides is 4. The maximum absolute atomic E-state index is 14.2. The molecular weight excluding hydrogens is 564 g/mol. The molecule has 0 aliphatic heterocycles. The first-order chi connectivity index (χ1) is 20.5. The third-order valence-electron chi connectivity index (χ3n) is 6.11. The fourth-order valence-electron chi connectivity index (χ4n) is 4.43. The van der Waals surface area contributed by atoms with E-state index in [4.69, 9.17) is 15.2 Å². The van der Waals surface area contributed by atoms with Crippen molar-refractivity contribution >= 4 is 29.8 Å². The SMILES string of the molecule is CCCN(C(=O)C(CC(N)=O)NC(=O)OC(C)(C)C)C(C(=O)NC(Cc1ccccc1)C(=O)OC(C)(C)C)c1ccccc1. The number of nitrogens with zero attached hydrogens (tertiary/aromatic N) is 1. The smallest absolute Gasteiger partial charge is 0.408 e. The average Bonchev–Trinajstić information content (AvgIpc) is 2.90. The summed E-state index contributed by atoms with van der Waals surface area (Å²) in [5, 5.41) is 5.27. The predicted octanol–water partition coefficient (Wildman–Crippen LogP) is 3.80. The van der Waals surface area contributed by atoms with E-state index in [0.717, 1.165) is 5.56 Å². The quantitative estimate of drug-likeness (QED) is 0.291. The van der Waals surface area contributed by atoms with E-state index in [1.165, 1.54) is 4.90 Å². The monoisotopic (exact) mass is 610 g/mol. The summed E-state index contributed by atoms with van der Waals surface area (Å²) in [5.41, 5.74) is 5.03. The largest absolute Gasteiger partial charge is 0.458 e. The molecule has 44 heavy (non-hydrogen) atoms. The third kappa shape index (κ3) is 12.1. The van der Waals surface area contributed by atoms with Crippen LogP contribution in [0.1, 0.15) is 78.5 Å². The zero-order valence-corrected chi connectivity index (χ0v) is 26.7. The normalized spacial score (nSPS) is 13.5. The fourth-order valence-corrected chi connectivity index (χ4v) is 4.43. The molecule has 0 bridgehead atoms. The van der Waals surface area contributed by atoms with Crippen LogP contribution in [0, 0.1) is 0 Å². The second-order valence-corrected chi connectivity index (χ2v) is 12.5. The molecule has 11 heteroatoms. The topological polar surface area (TPSA) is 157 Å². The molecule has 4 amide bonds. The Morgan fingerprint density at radius 2 is 1.34 bits per heavy atom. The molecule has 0 aromatic heterocycles. The number of carbonyl (C=O) groups is 5. The maximum atomic E-state index is 14.2. The Bertz CT molecular complexity index is 1270. The van der Waals surface area contributed by atoms with Gasteiger partial charge in [0.05, 0.1) is 6.42 Å². The van der Waals surface area contributed by atoms with E-state index >= 15 is 0 Å². The zero-order chi connectivity index (χ0) is 33.1.